The average Bonchev–Trinajstić information content (AvgIpc) is 2.67. The maximum atomic E-state index is 14.0. The number of benzene rings is 2. The van der Waals surface area contributed by atoms with Crippen molar-refractivity contribution in [3.8, 4) is 5.75 Å². The predicted molar refractivity (Wildman–Crippen MR) is 102 cm³/mol. The molecule has 0 spiro atoms. The van der Waals surface area contributed by atoms with E-state index < -0.39 is 17.8 Å². The highest BCUT2D eigenvalue weighted by Gasteiger charge is 2.26. The number of nitrogens with zero attached hydrogens (tertiary/aromatic N) is 1. The number of nitrogens with one attached hydrogen (secondary N) is 1. The van der Waals surface area contributed by atoms with Gasteiger partial charge in [0.25, 0.3) is 5.91 Å². The first kappa shape index (κ1) is 20.4. The Balaban J connectivity index is 2.19. The van der Waals surface area contributed by atoms with Gasteiger partial charge in [-0.2, -0.15) is 0 Å². The van der Waals surface area contributed by atoms with Crippen LogP contribution in [0.3, 0.4) is 0 Å². The molecule has 0 fully saturated rings. The second-order valence-electron chi connectivity index (χ2n) is 6.39. The first-order valence-electron chi connectivity index (χ1n) is 8.78. The molecule has 0 radical (unpaired) electrons. The van der Waals surface area contributed by atoms with Crippen LogP contribution in [0.5, 0.6) is 5.75 Å². The standard InChI is InChI=1S/C21H25FN2O3/c1-14-8-7-11-19(15(14)2)27-13-20(25)24(16(3)21(26)23-4)12-17-9-5-6-10-18(17)22/h5-11,16H,12-13H2,1-4H3,(H,23,26)/t16-/m1/s1. The first-order chi connectivity index (χ1) is 12.8. The second-order valence-corrected chi connectivity index (χ2v) is 6.39. The number of hydrogen-bond acceptors (Lipinski definition) is 3. The Kier molecular flexibility index (Phi) is 6.93. The van der Waals surface area contributed by atoms with Crippen molar-refractivity contribution in [2.45, 2.75) is 33.4 Å². The van der Waals surface area contributed by atoms with Crippen molar-refractivity contribution in [3.63, 3.8) is 0 Å². The summed E-state index contributed by atoms with van der Waals surface area (Å²) in [6.45, 7) is 5.23. The molecule has 0 heterocycles. The van der Waals surface area contributed by atoms with E-state index in [0.29, 0.717) is 11.3 Å². The largest absolute Gasteiger partial charge is 0.483 e. The number of likely N-dealkylation sites (N-methyl/N-ethyl adjacent to an activating group) is 1. The van der Waals surface area contributed by atoms with Gasteiger partial charge in [0.2, 0.25) is 5.91 Å². The smallest absolute Gasteiger partial charge is 0.261 e. The molecule has 5 nitrogen and oxygen atoms in total. The molecule has 0 saturated carbocycles. The minimum absolute atomic E-state index is 0.0176. The molecule has 1 atom stereocenters. The molecule has 0 aliphatic heterocycles. The molecule has 144 valence electrons. The van der Waals surface area contributed by atoms with Crippen molar-refractivity contribution in [1.29, 1.82) is 0 Å². The lowest BCUT2D eigenvalue weighted by atomic mass is 10.1. The summed E-state index contributed by atoms with van der Waals surface area (Å²) in [5, 5.41) is 2.52. The molecular weight excluding hydrogens is 347 g/mol. The van der Waals surface area contributed by atoms with Crippen LogP contribution in [0.15, 0.2) is 42.5 Å². The Morgan fingerprint density at radius 2 is 1.85 bits per heavy atom. The van der Waals surface area contributed by atoms with E-state index in [1.807, 2.05) is 26.0 Å². The molecule has 0 aliphatic rings. The molecule has 6 heteroatoms. The number of carbonyl (C=O) groups is 2. The third kappa shape index (κ3) is 5.06. The van der Waals surface area contributed by atoms with Crippen LogP contribution < -0.4 is 10.1 Å². The summed E-state index contributed by atoms with van der Waals surface area (Å²) in [4.78, 5) is 26.2. The number of aryl methyl sites for hydroxylation is 1. The monoisotopic (exact) mass is 372 g/mol. The van der Waals surface area contributed by atoms with Crippen LogP contribution in [-0.2, 0) is 16.1 Å². The topological polar surface area (TPSA) is 58.6 Å². The molecule has 0 aromatic heterocycles. The van der Waals surface area contributed by atoms with Crippen LogP contribution in [0.2, 0.25) is 0 Å². The fourth-order valence-corrected chi connectivity index (χ4v) is 2.70. The molecule has 2 aromatic carbocycles. The van der Waals surface area contributed by atoms with E-state index in [1.54, 1.807) is 31.2 Å². The van der Waals surface area contributed by atoms with Gasteiger partial charge in [-0.1, -0.05) is 30.3 Å². The number of halogens is 1. The van der Waals surface area contributed by atoms with Gasteiger partial charge in [-0.05, 0) is 44.0 Å². The maximum absolute atomic E-state index is 14.0. The zero-order valence-corrected chi connectivity index (χ0v) is 16.1. The molecule has 2 aromatic rings. The predicted octanol–water partition coefficient (Wildman–Crippen LogP) is 2.98. The van der Waals surface area contributed by atoms with E-state index in [2.05, 4.69) is 5.32 Å². The van der Waals surface area contributed by atoms with Gasteiger partial charge in [0.15, 0.2) is 6.61 Å². The second kappa shape index (κ2) is 9.16. The normalized spacial score (nSPS) is 11.6. The fraction of sp³-hybridized carbons (Fsp3) is 0.333. The molecule has 0 bridgehead atoms. The molecule has 1 N–H and O–H groups in total. The highest BCUT2D eigenvalue weighted by molar-refractivity contribution is 5.87. The Labute approximate surface area is 159 Å². The summed E-state index contributed by atoms with van der Waals surface area (Å²) in [6, 6.07) is 11.0. The fourth-order valence-electron chi connectivity index (χ4n) is 2.70. The van der Waals surface area contributed by atoms with Gasteiger partial charge < -0.3 is 15.0 Å². The molecule has 27 heavy (non-hydrogen) atoms. The van der Waals surface area contributed by atoms with Crippen LogP contribution in [0, 0.1) is 19.7 Å². The lowest BCUT2D eigenvalue weighted by Crippen LogP contribution is -2.48. The first-order valence-corrected chi connectivity index (χ1v) is 8.78. The summed E-state index contributed by atoms with van der Waals surface area (Å²) >= 11 is 0. The van der Waals surface area contributed by atoms with Gasteiger partial charge in [-0.3, -0.25) is 9.59 Å². The van der Waals surface area contributed by atoms with E-state index in [1.165, 1.54) is 18.0 Å². The van der Waals surface area contributed by atoms with Crippen molar-refractivity contribution < 1.29 is 18.7 Å². The third-order valence-corrected chi connectivity index (χ3v) is 4.62. The van der Waals surface area contributed by atoms with Crippen molar-refractivity contribution in [2.24, 2.45) is 0 Å². The van der Waals surface area contributed by atoms with E-state index in [9.17, 15) is 14.0 Å². The van der Waals surface area contributed by atoms with Gasteiger partial charge >= 0.3 is 0 Å². The van der Waals surface area contributed by atoms with Gasteiger partial charge in [0.1, 0.15) is 17.6 Å². The molecule has 0 saturated heterocycles. The van der Waals surface area contributed by atoms with Crippen LogP contribution in [0.1, 0.15) is 23.6 Å². The molecule has 0 unspecified atom stereocenters. The van der Waals surface area contributed by atoms with E-state index in [4.69, 9.17) is 4.74 Å². The quantitative estimate of drug-likeness (QED) is 0.813. The lowest BCUT2D eigenvalue weighted by molar-refractivity contribution is -0.142. The van der Waals surface area contributed by atoms with E-state index in [-0.39, 0.29) is 19.1 Å². The highest BCUT2D eigenvalue weighted by Crippen LogP contribution is 2.21. The van der Waals surface area contributed by atoms with Crippen molar-refractivity contribution in [2.75, 3.05) is 13.7 Å². The Morgan fingerprint density at radius 1 is 1.15 bits per heavy atom. The lowest BCUT2D eigenvalue weighted by Gasteiger charge is -2.28. The Hall–Kier alpha value is -2.89. The SMILES string of the molecule is CNC(=O)[C@@H](C)N(Cc1ccccc1F)C(=O)COc1cccc(C)c1C. The summed E-state index contributed by atoms with van der Waals surface area (Å²) in [7, 11) is 1.50. The maximum Gasteiger partial charge on any atom is 0.261 e. The van der Waals surface area contributed by atoms with Crippen LogP contribution >= 0.6 is 0 Å². The highest BCUT2D eigenvalue weighted by atomic mass is 19.1. The Morgan fingerprint density at radius 3 is 2.52 bits per heavy atom. The van der Waals surface area contributed by atoms with Crippen LogP contribution in [0.4, 0.5) is 4.39 Å². The van der Waals surface area contributed by atoms with E-state index in [0.717, 1.165) is 11.1 Å². The molecule has 2 rings (SSSR count). The van der Waals surface area contributed by atoms with Crippen molar-refractivity contribution in [1.82, 2.24) is 10.2 Å². The average molecular weight is 372 g/mol. The minimum atomic E-state index is -0.760. The number of hydrogen-bond donors (Lipinski definition) is 1. The van der Waals surface area contributed by atoms with Gasteiger partial charge in [-0.15, -0.1) is 0 Å². The van der Waals surface area contributed by atoms with Crippen molar-refractivity contribution >= 4 is 11.8 Å². The molecule has 0 aliphatic carbocycles. The van der Waals surface area contributed by atoms with Gasteiger partial charge in [0, 0.05) is 19.2 Å². The molecular formula is C21H25FN2O3. The number of rotatable bonds is 7. The third-order valence-electron chi connectivity index (χ3n) is 4.62. The Bertz CT molecular complexity index is 823. The number of ether oxygens (including phenoxy) is 1. The minimum Gasteiger partial charge on any atom is -0.483 e. The molecule has 2 amide bonds. The van der Waals surface area contributed by atoms with E-state index >= 15 is 0 Å². The zero-order valence-electron chi connectivity index (χ0n) is 16.1. The zero-order chi connectivity index (χ0) is 20.0. The summed E-state index contributed by atoms with van der Waals surface area (Å²) < 4.78 is 19.7. The summed E-state index contributed by atoms with van der Waals surface area (Å²) in [5.74, 6) is -0.529. The van der Waals surface area contributed by atoms with Gasteiger partial charge in [-0.25, -0.2) is 4.39 Å². The van der Waals surface area contributed by atoms with Crippen molar-refractivity contribution in [3.05, 3.63) is 65.0 Å². The number of carbonyl (C=O) groups excluding carboxylic acids is 2. The number of amides is 2. The van der Waals surface area contributed by atoms with Crippen LogP contribution in [0.25, 0.3) is 0 Å². The summed E-state index contributed by atoms with van der Waals surface area (Å²) in [5.41, 5.74) is 2.35. The van der Waals surface area contributed by atoms with Gasteiger partial charge in [0.05, 0.1) is 0 Å². The summed E-state index contributed by atoms with van der Waals surface area (Å²) in [6.07, 6.45) is 0. The van der Waals surface area contributed by atoms with Crippen LogP contribution in [-0.4, -0.2) is 36.4 Å².